The molecule has 176 valence electrons. The molecule has 33 heavy (non-hydrogen) atoms. The van der Waals surface area contributed by atoms with Crippen molar-refractivity contribution in [3.8, 4) is 22.6 Å². The predicted molar refractivity (Wildman–Crippen MR) is 126 cm³/mol. The number of benzene rings is 2. The molecular weight excluding hydrogens is 491 g/mol. The van der Waals surface area contributed by atoms with Crippen molar-refractivity contribution < 1.29 is 23.4 Å². The summed E-state index contributed by atoms with van der Waals surface area (Å²) in [5, 5.41) is 24.9. The van der Waals surface area contributed by atoms with Crippen LogP contribution in [0, 0.1) is 0 Å². The highest BCUT2D eigenvalue weighted by Crippen LogP contribution is 2.29. The van der Waals surface area contributed by atoms with E-state index in [0.717, 1.165) is 10.9 Å². The van der Waals surface area contributed by atoms with Crippen molar-refractivity contribution in [1.82, 2.24) is 9.78 Å². The zero-order valence-corrected chi connectivity index (χ0v) is 20.3. The van der Waals surface area contributed by atoms with E-state index in [4.69, 9.17) is 27.9 Å². The van der Waals surface area contributed by atoms with Crippen LogP contribution in [0.3, 0.4) is 0 Å². The molecule has 0 amide bonds. The largest absolute Gasteiger partial charge is 0.484 e. The highest BCUT2D eigenvalue weighted by atomic mass is 35.5. The number of hydrogen-bond donors (Lipinski definition) is 2. The molecule has 8 nitrogen and oxygen atoms in total. The molecule has 0 spiro atoms. The van der Waals surface area contributed by atoms with Crippen LogP contribution in [0.15, 0.2) is 58.4 Å². The van der Waals surface area contributed by atoms with Crippen LogP contribution in [0.1, 0.15) is 13.8 Å². The van der Waals surface area contributed by atoms with Gasteiger partial charge in [-0.15, -0.1) is 0 Å². The topological polar surface area (TPSA) is 119 Å². The second-order valence-electron chi connectivity index (χ2n) is 7.98. The molecule has 3 rings (SSSR count). The summed E-state index contributed by atoms with van der Waals surface area (Å²) in [6.45, 7) is 2.44. The Bertz CT molecular complexity index is 1330. The van der Waals surface area contributed by atoms with E-state index in [1.54, 1.807) is 6.07 Å². The van der Waals surface area contributed by atoms with Gasteiger partial charge in [-0.05, 0) is 49.7 Å². The molecule has 0 saturated heterocycles. The van der Waals surface area contributed by atoms with E-state index in [0.29, 0.717) is 16.3 Å². The lowest BCUT2D eigenvalue weighted by molar-refractivity contribution is -0.0663. The highest BCUT2D eigenvalue weighted by Gasteiger charge is 2.26. The molecule has 0 fully saturated rings. The fraction of sp³-hybridized carbons (Fsp3) is 0.273. The average molecular weight is 513 g/mol. The van der Waals surface area contributed by atoms with Crippen LogP contribution >= 0.6 is 23.2 Å². The maximum absolute atomic E-state index is 13.3. The fourth-order valence-electron chi connectivity index (χ4n) is 2.83. The Morgan fingerprint density at radius 3 is 2.30 bits per heavy atom. The van der Waals surface area contributed by atoms with Crippen molar-refractivity contribution in [2.75, 3.05) is 12.9 Å². The van der Waals surface area contributed by atoms with E-state index in [-0.39, 0.29) is 27.8 Å². The number of ether oxygens (including phenoxy) is 1. The Morgan fingerprint density at radius 2 is 1.76 bits per heavy atom. The molecule has 3 aromatic rings. The molecule has 1 aromatic heterocycles. The first kappa shape index (κ1) is 25.2. The summed E-state index contributed by atoms with van der Waals surface area (Å²) in [6, 6.07) is 10.4. The van der Waals surface area contributed by atoms with Gasteiger partial charge in [0.2, 0.25) is 0 Å². The average Bonchev–Trinajstić information content (AvgIpc) is 2.73. The Labute approximate surface area is 200 Å². The normalized spacial score (nSPS) is 13.1. The highest BCUT2D eigenvalue weighted by molar-refractivity contribution is 7.90. The smallest absolute Gasteiger partial charge is 0.314 e. The summed E-state index contributed by atoms with van der Waals surface area (Å²) in [7, 11) is -3.41. The van der Waals surface area contributed by atoms with E-state index in [9.17, 15) is 23.4 Å². The number of aliphatic hydroxyl groups excluding tert-OH is 1. The van der Waals surface area contributed by atoms with Gasteiger partial charge in [-0.2, -0.15) is 9.78 Å². The fourth-order valence-corrected chi connectivity index (χ4v) is 3.75. The number of aliphatic hydroxyl groups is 2. The van der Waals surface area contributed by atoms with Gasteiger partial charge in [0.1, 0.15) is 12.7 Å². The first-order chi connectivity index (χ1) is 15.3. The monoisotopic (exact) mass is 512 g/mol. The molecular formula is C22H22Cl2N2O6S. The van der Waals surface area contributed by atoms with E-state index in [1.165, 1.54) is 56.4 Å². The van der Waals surface area contributed by atoms with Crippen molar-refractivity contribution in [2.45, 2.75) is 30.4 Å². The minimum absolute atomic E-state index is 0.114. The maximum Gasteiger partial charge on any atom is 0.314 e. The number of nitrogens with zero attached hydrogens (tertiary/aromatic N) is 2. The summed E-state index contributed by atoms with van der Waals surface area (Å²) in [5.41, 5.74) is -1.03. The molecule has 0 bridgehead atoms. The lowest BCUT2D eigenvalue weighted by Crippen LogP contribution is -2.40. The van der Waals surface area contributed by atoms with Gasteiger partial charge in [0, 0.05) is 11.8 Å². The van der Waals surface area contributed by atoms with Gasteiger partial charge in [-0.1, -0.05) is 35.3 Å². The molecule has 0 radical (unpaired) electrons. The van der Waals surface area contributed by atoms with Gasteiger partial charge in [-0.25, -0.2) is 8.42 Å². The Hall–Kier alpha value is -2.43. The van der Waals surface area contributed by atoms with E-state index >= 15 is 0 Å². The quantitative estimate of drug-likeness (QED) is 0.498. The summed E-state index contributed by atoms with van der Waals surface area (Å²) in [4.78, 5) is 13.4. The standard InChI is InChI=1S/C22H22Cl2N2O6S/c1-22(2,29)19(27)12-32-20-16(13-4-7-15(8-5-13)33(3,30)31)11-25-26(21(20)28)14-6-9-17(23)18(24)10-14/h4-11,19,27,29H,12H2,1-3H3/t19-/m0/s1. The predicted octanol–water partition coefficient (Wildman–Crippen LogP) is 3.12. The van der Waals surface area contributed by atoms with Crippen LogP contribution in [0.5, 0.6) is 5.75 Å². The molecule has 0 aliphatic rings. The number of halogens is 2. The Morgan fingerprint density at radius 1 is 1.12 bits per heavy atom. The second kappa shape index (κ2) is 9.44. The third-order valence-corrected chi connectivity index (χ3v) is 6.74. The van der Waals surface area contributed by atoms with Crippen LogP contribution in [-0.2, 0) is 9.84 Å². The lowest BCUT2D eigenvalue weighted by atomic mass is 10.0. The summed E-state index contributed by atoms with van der Waals surface area (Å²) < 4.78 is 30.2. The molecule has 2 aromatic carbocycles. The van der Waals surface area contributed by atoms with Crippen molar-refractivity contribution in [3.05, 3.63) is 69.1 Å². The van der Waals surface area contributed by atoms with Gasteiger partial charge in [0.15, 0.2) is 15.6 Å². The number of hydrogen-bond acceptors (Lipinski definition) is 7. The van der Waals surface area contributed by atoms with Crippen molar-refractivity contribution in [1.29, 1.82) is 0 Å². The second-order valence-corrected chi connectivity index (χ2v) is 10.8. The summed E-state index contributed by atoms with van der Waals surface area (Å²) in [5.74, 6) is -0.147. The van der Waals surface area contributed by atoms with E-state index in [1.807, 2.05) is 0 Å². The SMILES string of the molecule is CC(C)(O)[C@@H](O)COc1c(-c2ccc(S(C)(=O)=O)cc2)cnn(-c2ccc(Cl)c(Cl)c2)c1=O. The zero-order chi connectivity index (χ0) is 24.6. The van der Waals surface area contributed by atoms with Gasteiger partial charge in [-0.3, -0.25) is 4.79 Å². The minimum Gasteiger partial charge on any atom is -0.484 e. The van der Waals surface area contributed by atoms with Gasteiger partial charge < -0.3 is 14.9 Å². The molecule has 1 atom stereocenters. The molecule has 0 saturated carbocycles. The zero-order valence-electron chi connectivity index (χ0n) is 18.0. The maximum atomic E-state index is 13.3. The lowest BCUT2D eigenvalue weighted by Gasteiger charge is -2.24. The summed E-state index contributed by atoms with van der Waals surface area (Å²) in [6.07, 6.45) is 1.18. The summed E-state index contributed by atoms with van der Waals surface area (Å²) >= 11 is 12.0. The number of rotatable bonds is 7. The van der Waals surface area contributed by atoms with E-state index in [2.05, 4.69) is 5.10 Å². The van der Waals surface area contributed by atoms with Gasteiger partial charge in [0.05, 0.1) is 32.4 Å². The van der Waals surface area contributed by atoms with Crippen LogP contribution < -0.4 is 10.3 Å². The molecule has 0 aliphatic carbocycles. The Balaban J connectivity index is 2.13. The molecule has 1 heterocycles. The molecule has 2 N–H and O–H groups in total. The number of sulfone groups is 1. The minimum atomic E-state index is -3.41. The van der Waals surface area contributed by atoms with Gasteiger partial charge in [0.25, 0.3) is 0 Å². The van der Waals surface area contributed by atoms with Crippen molar-refractivity contribution >= 4 is 33.0 Å². The third kappa shape index (κ3) is 5.74. The van der Waals surface area contributed by atoms with Crippen molar-refractivity contribution in [2.24, 2.45) is 0 Å². The first-order valence-electron chi connectivity index (χ1n) is 9.70. The first-order valence-corrected chi connectivity index (χ1v) is 12.4. The Kier molecular flexibility index (Phi) is 7.21. The van der Waals surface area contributed by atoms with Crippen LogP contribution in [0.2, 0.25) is 10.0 Å². The number of aromatic nitrogens is 2. The van der Waals surface area contributed by atoms with E-state index < -0.39 is 27.1 Å². The van der Waals surface area contributed by atoms with Gasteiger partial charge >= 0.3 is 5.56 Å². The molecule has 11 heteroatoms. The third-order valence-electron chi connectivity index (χ3n) is 4.88. The molecule has 0 aliphatic heterocycles. The van der Waals surface area contributed by atoms with Crippen molar-refractivity contribution in [3.63, 3.8) is 0 Å². The molecule has 0 unspecified atom stereocenters. The van der Waals surface area contributed by atoms with Crippen LogP contribution in [-0.4, -0.2) is 53.0 Å². The van der Waals surface area contributed by atoms with Crippen LogP contribution in [0.4, 0.5) is 0 Å². The van der Waals surface area contributed by atoms with Crippen LogP contribution in [0.25, 0.3) is 16.8 Å².